The number of hydrogen-bond acceptors (Lipinski definition) is 0. The molecule has 1 aromatic carbocycles. The monoisotopic (exact) mass is 258 g/mol. The standard InChI is InChI=1S/C14H20Cl2/c1-4-14(5-2,10-15)9-12-7-6-11(3)8-13(12)16/h6-8H,4-5,9-10H2,1-3H3. The average Bonchev–Trinajstić information content (AvgIpc) is 2.29. The topological polar surface area (TPSA) is 0 Å². The molecule has 1 rings (SSSR count). The van der Waals surface area contributed by atoms with Gasteiger partial charge >= 0.3 is 0 Å². The summed E-state index contributed by atoms with van der Waals surface area (Å²) in [6.07, 6.45) is 3.16. The van der Waals surface area contributed by atoms with Crippen LogP contribution < -0.4 is 0 Å². The van der Waals surface area contributed by atoms with Crippen LogP contribution in [-0.4, -0.2) is 5.88 Å². The molecule has 0 saturated heterocycles. The average molecular weight is 259 g/mol. The third kappa shape index (κ3) is 3.15. The number of alkyl halides is 1. The highest BCUT2D eigenvalue weighted by molar-refractivity contribution is 6.31. The molecule has 0 aliphatic carbocycles. The van der Waals surface area contributed by atoms with Crippen molar-refractivity contribution >= 4 is 23.2 Å². The van der Waals surface area contributed by atoms with Crippen molar-refractivity contribution in [2.75, 3.05) is 5.88 Å². The van der Waals surface area contributed by atoms with Crippen LogP contribution in [0.15, 0.2) is 18.2 Å². The first-order chi connectivity index (χ1) is 7.56. The van der Waals surface area contributed by atoms with E-state index in [1.807, 2.05) is 6.07 Å². The van der Waals surface area contributed by atoms with E-state index in [2.05, 4.69) is 32.9 Å². The molecule has 90 valence electrons. The highest BCUT2D eigenvalue weighted by Gasteiger charge is 2.26. The van der Waals surface area contributed by atoms with Crippen LogP contribution in [0.3, 0.4) is 0 Å². The predicted molar refractivity (Wildman–Crippen MR) is 73.6 cm³/mol. The van der Waals surface area contributed by atoms with Crippen molar-refractivity contribution in [2.45, 2.75) is 40.0 Å². The molecule has 0 spiro atoms. The molecular formula is C14H20Cl2. The first-order valence-corrected chi connectivity index (χ1v) is 6.79. The Bertz CT molecular complexity index is 332. The molecule has 0 aromatic heterocycles. The Hall–Kier alpha value is -0.200. The normalized spacial score (nSPS) is 11.8. The Kier molecular flexibility index (Phi) is 5.14. The zero-order valence-electron chi connectivity index (χ0n) is 10.3. The molecule has 0 N–H and O–H groups in total. The van der Waals surface area contributed by atoms with Gasteiger partial charge in [0, 0.05) is 10.9 Å². The van der Waals surface area contributed by atoms with Crippen LogP contribution in [0.4, 0.5) is 0 Å². The van der Waals surface area contributed by atoms with Gasteiger partial charge in [-0.05, 0) is 48.8 Å². The van der Waals surface area contributed by atoms with Gasteiger partial charge in [0.2, 0.25) is 0 Å². The molecule has 0 unspecified atom stereocenters. The molecule has 0 saturated carbocycles. The van der Waals surface area contributed by atoms with Gasteiger partial charge in [-0.1, -0.05) is 37.6 Å². The highest BCUT2D eigenvalue weighted by Crippen LogP contribution is 2.34. The molecule has 0 heterocycles. The summed E-state index contributed by atoms with van der Waals surface area (Å²) < 4.78 is 0. The van der Waals surface area contributed by atoms with Crippen molar-refractivity contribution in [3.63, 3.8) is 0 Å². The lowest BCUT2D eigenvalue weighted by atomic mass is 9.78. The maximum Gasteiger partial charge on any atom is 0.0440 e. The van der Waals surface area contributed by atoms with Gasteiger partial charge < -0.3 is 0 Å². The molecule has 0 amide bonds. The quantitative estimate of drug-likeness (QED) is 0.634. The van der Waals surface area contributed by atoms with Gasteiger partial charge in [-0.15, -0.1) is 11.6 Å². The molecular weight excluding hydrogens is 239 g/mol. The summed E-state index contributed by atoms with van der Waals surface area (Å²) in [7, 11) is 0. The maximum absolute atomic E-state index is 6.26. The van der Waals surface area contributed by atoms with Crippen molar-refractivity contribution in [3.8, 4) is 0 Å². The second-order valence-electron chi connectivity index (χ2n) is 4.61. The third-order valence-corrected chi connectivity index (χ3v) is 4.48. The summed E-state index contributed by atoms with van der Waals surface area (Å²) in [6.45, 7) is 6.46. The van der Waals surface area contributed by atoms with Crippen LogP contribution in [-0.2, 0) is 6.42 Å². The van der Waals surface area contributed by atoms with Crippen molar-refractivity contribution in [3.05, 3.63) is 34.3 Å². The first-order valence-electron chi connectivity index (χ1n) is 5.88. The van der Waals surface area contributed by atoms with Crippen LogP contribution in [0.2, 0.25) is 5.02 Å². The van der Waals surface area contributed by atoms with E-state index in [1.54, 1.807) is 0 Å². The van der Waals surface area contributed by atoms with Crippen LogP contribution in [0.1, 0.15) is 37.8 Å². The third-order valence-electron chi connectivity index (χ3n) is 3.56. The molecule has 2 heteroatoms. The molecule has 0 aliphatic heterocycles. The van der Waals surface area contributed by atoms with E-state index in [0.717, 1.165) is 24.3 Å². The summed E-state index contributed by atoms with van der Waals surface area (Å²) in [6, 6.07) is 6.27. The van der Waals surface area contributed by atoms with Gasteiger partial charge in [0.1, 0.15) is 0 Å². The number of benzene rings is 1. The minimum absolute atomic E-state index is 0.195. The van der Waals surface area contributed by atoms with Gasteiger partial charge in [0.15, 0.2) is 0 Å². The highest BCUT2D eigenvalue weighted by atomic mass is 35.5. The zero-order chi connectivity index (χ0) is 12.2. The van der Waals surface area contributed by atoms with Gasteiger partial charge in [0.25, 0.3) is 0 Å². The molecule has 16 heavy (non-hydrogen) atoms. The minimum Gasteiger partial charge on any atom is -0.126 e. The summed E-state index contributed by atoms with van der Waals surface area (Å²) in [5.74, 6) is 0.699. The Morgan fingerprint density at radius 3 is 2.25 bits per heavy atom. The number of rotatable bonds is 5. The lowest BCUT2D eigenvalue weighted by molar-refractivity contribution is 0.302. The van der Waals surface area contributed by atoms with Gasteiger partial charge in [-0.2, -0.15) is 0 Å². The largest absolute Gasteiger partial charge is 0.126 e. The van der Waals surface area contributed by atoms with E-state index < -0.39 is 0 Å². The summed E-state index contributed by atoms with van der Waals surface area (Å²) in [5.41, 5.74) is 2.62. The Morgan fingerprint density at radius 2 is 1.81 bits per heavy atom. The minimum atomic E-state index is 0.195. The summed E-state index contributed by atoms with van der Waals surface area (Å²) in [4.78, 5) is 0. The van der Waals surface area contributed by atoms with Crippen LogP contribution in [0.25, 0.3) is 0 Å². The van der Waals surface area contributed by atoms with Crippen molar-refractivity contribution in [1.82, 2.24) is 0 Å². The molecule has 0 nitrogen and oxygen atoms in total. The Morgan fingerprint density at radius 1 is 1.19 bits per heavy atom. The fourth-order valence-corrected chi connectivity index (χ4v) is 2.71. The lowest BCUT2D eigenvalue weighted by Crippen LogP contribution is -2.24. The van der Waals surface area contributed by atoms with Gasteiger partial charge in [0.05, 0.1) is 0 Å². The molecule has 0 bridgehead atoms. The number of hydrogen-bond donors (Lipinski definition) is 0. The van der Waals surface area contributed by atoms with Gasteiger partial charge in [-0.3, -0.25) is 0 Å². The molecule has 1 aromatic rings. The van der Waals surface area contributed by atoms with Gasteiger partial charge in [-0.25, -0.2) is 0 Å². The molecule has 0 aliphatic rings. The fraction of sp³-hybridized carbons (Fsp3) is 0.571. The van der Waals surface area contributed by atoms with Crippen molar-refractivity contribution in [2.24, 2.45) is 5.41 Å². The van der Waals surface area contributed by atoms with E-state index in [1.165, 1.54) is 11.1 Å². The SMILES string of the molecule is CCC(CC)(CCl)Cc1ccc(C)cc1Cl. The predicted octanol–water partition coefficient (Wildman–Crippen LogP) is 5.24. The van der Waals surface area contributed by atoms with E-state index in [0.29, 0.717) is 5.88 Å². The lowest BCUT2D eigenvalue weighted by Gasteiger charge is -2.29. The van der Waals surface area contributed by atoms with Crippen LogP contribution >= 0.6 is 23.2 Å². The van der Waals surface area contributed by atoms with Crippen LogP contribution in [0.5, 0.6) is 0 Å². The maximum atomic E-state index is 6.26. The molecule has 0 radical (unpaired) electrons. The smallest absolute Gasteiger partial charge is 0.0440 e. The van der Waals surface area contributed by atoms with Crippen LogP contribution in [0, 0.1) is 12.3 Å². The second kappa shape index (κ2) is 5.93. The summed E-state index contributed by atoms with van der Waals surface area (Å²) in [5, 5.41) is 0.872. The van der Waals surface area contributed by atoms with Crippen molar-refractivity contribution in [1.29, 1.82) is 0 Å². The summed E-state index contributed by atoms with van der Waals surface area (Å²) >= 11 is 12.4. The first kappa shape index (κ1) is 13.9. The second-order valence-corrected chi connectivity index (χ2v) is 5.29. The van der Waals surface area contributed by atoms with E-state index in [-0.39, 0.29) is 5.41 Å². The number of aryl methyl sites for hydroxylation is 1. The van der Waals surface area contributed by atoms with E-state index >= 15 is 0 Å². The Balaban J connectivity index is 2.93. The fourth-order valence-electron chi connectivity index (χ4n) is 1.94. The molecule has 0 atom stereocenters. The Labute approximate surface area is 109 Å². The zero-order valence-corrected chi connectivity index (χ0v) is 11.8. The van der Waals surface area contributed by atoms with E-state index in [9.17, 15) is 0 Å². The number of halogens is 2. The van der Waals surface area contributed by atoms with E-state index in [4.69, 9.17) is 23.2 Å². The molecule has 0 fully saturated rings. The van der Waals surface area contributed by atoms with Crippen molar-refractivity contribution < 1.29 is 0 Å².